The summed E-state index contributed by atoms with van der Waals surface area (Å²) in [6, 6.07) is 0. The molecule has 1 N–H and O–H groups in total. The SMILES string of the molecule is COCCNCC(C)(C)Cc1c(C)nn(C)c1Cl. The molecule has 0 unspecified atom stereocenters. The molecular formula is C13H24ClN3O. The first kappa shape index (κ1) is 15.5. The number of nitrogens with one attached hydrogen (secondary N) is 1. The minimum Gasteiger partial charge on any atom is -0.383 e. The van der Waals surface area contributed by atoms with Gasteiger partial charge in [0, 0.05) is 32.8 Å². The van der Waals surface area contributed by atoms with Gasteiger partial charge in [-0.1, -0.05) is 25.4 Å². The highest BCUT2D eigenvalue weighted by Crippen LogP contribution is 2.27. The number of aryl methyl sites for hydroxylation is 2. The number of aromatic nitrogens is 2. The van der Waals surface area contributed by atoms with Crippen molar-refractivity contribution in [1.29, 1.82) is 0 Å². The number of hydrogen-bond donors (Lipinski definition) is 1. The first-order valence-electron chi connectivity index (χ1n) is 6.25. The zero-order chi connectivity index (χ0) is 13.8. The first-order chi connectivity index (χ1) is 8.37. The molecule has 0 spiro atoms. The summed E-state index contributed by atoms with van der Waals surface area (Å²) in [5.41, 5.74) is 2.32. The molecule has 1 rings (SSSR count). The van der Waals surface area contributed by atoms with Gasteiger partial charge in [-0.25, -0.2) is 0 Å². The summed E-state index contributed by atoms with van der Waals surface area (Å²) in [5, 5.41) is 8.49. The molecule has 0 aliphatic rings. The minimum absolute atomic E-state index is 0.144. The fourth-order valence-electron chi connectivity index (χ4n) is 2.02. The maximum Gasteiger partial charge on any atom is 0.130 e. The molecule has 0 saturated heterocycles. The van der Waals surface area contributed by atoms with E-state index in [0.717, 1.165) is 42.5 Å². The molecular weight excluding hydrogens is 250 g/mol. The maximum atomic E-state index is 6.26. The van der Waals surface area contributed by atoms with Crippen LogP contribution in [0.1, 0.15) is 25.1 Å². The molecule has 0 aliphatic carbocycles. The topological polar surface area (TPSA) is 39.1 Å². The smallest absolute Gasteiger partial charge is 0.130 e. The molecule has 0 saturated carbocycles. The summed E-state index contributed by atoms with van der Waals surface area (Å²) in [6.45, 7) is 9.02. The van der Waals surface area contributed by atoms with E-state index in [4.69, 9.17) is 16.3 Å². The fourth-order valence-corrected chi connectivity index (χ4v) is 2.26. The highest BCUT2D eigenvalue weighted by molar-refractivity contribution is 6.30. The van der Waals surface area contributed by atoms with Gasteiger partial charge in [-0.2, -0.15) is 5.10 Å². The molecule has 0 bridgehead atoms. The van der Waals surface area contributed by atoms with Crippen molar-refractivity contribution >= 4 is 11.6 Å². The molecule has 0 radical (unpaired) electrons. The lowest BCUT2D eigenvalue weighted by atomic mass is 9.86. The summed E-state index contributed by atoms with van der Waals surface area (Å²) >= 11 is 6.26. The third-order valence-corrected chi connectivity index (χ3v) is 3.48. The minimum atomic E-state index is 0.144. The van der Waals surface area contributed by atoms with Gasteiger partial charge in [0.25, 0.3) is 0 Å². The van der Waals surface area contributed by atoms with Crippen molar-refractivity contribution in [2.45, 2.75) is 27.2 Å². The van der Waals surface area contributed by atoms with E-state index in [1.54, 1.807) is 11.8 Å². The van der Waals surface area contributed by atoms with Crippen LogP contribution in [0, 0.1) is 12.3 Å². The molecule has 104 valence electrons. The molecule has 4 nitrogen and oxygen atoms in total. The van der Waals surface area contributed by atoms with Crippen molar-refractivity contribution in [2.24, 2.45) is 12.5 Å². The second kappa shape index (κ2) is 6.55. The second-order valence-corrected chi connectivity index (χ2v) is 5.85. The van der Waals surface area contributed by atoms with Gasteiger partial charge in [-0.3, -0.25) is 4.68 Å². The summed E-state index contributed by atoms with van der Waals surface area (Å²) in [7, 11) is 3.59. The Morgan fingerprint density at radius 1 is 1.44 bits per heavy atom. The van der Waals surface area contributed by atoms with Crippen LogP contribution in [0.5, 0.6) is 0 Å². The quantitative estimate of drug-likeness (QED) is 0.774. The molecule has 0 fully saturated rings. The number of nitrogens with zero attached hydrogens (tertiary/aromatic N) is 2. The van der Waals surface area contributed by atoms with Crippen LogP contribution < -0.4 is 5.32 Å². The number of methoxy groups -OCH3 is 1. The molecule has 0 atom stereocenters. The summed E-state index contributed by atoms with van der Waals surface area (Å²) in [6.07, 6.45) is 0.922. The maximum absolute atomic E-state index is 6.26. The third kappa shape index (κ3) is 4.26. The van der Waals surface area contributed by atoms with Crippen molar-refractivity contribution < 1.29 is 4.74 Å². The van der Waals surface area contributed by atoms with Gasteiger partial charge >= 0.3 is 0 Å². The molecule has 18 heavy (non-hydrogen) atoms. The van der Waals surface area contributed by atoms with E-state index in [-0.39, 0.29) is 5.41 Å². The standard InChI is InChI=1S/C13H24ClN3O/c1-10-11(12(14)17(4)16-10)8-13(2,3)9-15-6-7-18-5/h15H,6-9H2,1-5H3. The van der Waals surface area contributed by atoms with Crippen molar-refractivity contribution in [1.82, 2.24) is 15.1 Å². The number of hydrogen-bond acceptors (Lipinski definition) is 3. The molecule has 5 heteroatoms. The van der Waals surface area contributed by atoms with Gasteiger partial charge in [-0.05, 0) is 18.8 Å². The lowest BCUT2D eigenvalue weighted by Gasteiger charge is -2.25. The Morgan fingerprint density at radius 3 is 2.61 bits per heavy atom. The number of ether oxygens (including phenoxy) is 1. The van der Waals surface area contributed by atoms with Crippen molar-refractivity contribution in [3.8, 4) is 0 Å². The molecule has 0 aliphatic heterocycles. The number of rotatable bonds is 7. The summed E-state index contributed by atoms with van der Waals surface area (Å²) in [4.78, 5) is 0. The number of halogens is 1. The zero-order valence-electron chi connectivity index (χ0n) is 12.0. The van der Waals surface area contributed by atoms with Gasteiger partial charge < -0.3 is 10.1 Å². The Labute approximate surface area is 115 Å². The summed E-state index contributed by atoms with van der Waals surface area (Å²) in [5.74, 6) is 0. The Hall–Kier alpha value is -0.580. The van der Waals surface area contributed by atoms with Crippen LogP contribution in [0.4, 0.5) is 0 Å². The van der Waals surface area contributed by atoms with Crippen LogP contribution in [-0.2, 0) is 18.2 Å². The second-order valence-electron chi connectivity index (χ2n) is 5.49. The predicted molar refractivity (Wildman–Crippen MR) is 75.2 cm³/mol. The van der Waals surface area contributed by atoms with E-state index in [0.29, 0.717) is 0 Å². The van der Waals surface area contributed by atoms with Gasteiger partial charge in [-0.15, -0.1) is 0 Å². The zero-order valence-corrected chi connectivity index (χ0v) is 12.8. The van der Waals surface area contributed by atoms with E-state index in [9.17, 15) is 0 Å². The van der Waals surface area contributed by atoms with Gasteiger partial charge in [0.15, 0.2) is 0 Å². The molecule has 0 amide bonds. The van der Waals surface area contributed by atoms with Crippen LogP contribution in [0.25, 0.3) is 0 Å². The van der Waals surface area contributed by atoms with Crippen LogP contribution >= 0.6 is 11.6 Å². The van der Waals surface area contributed by atoms with Crippen LogP contribution in [0.2, 0.25) is 5.15 Å². The lowest BCUT2D eigenvalue weighted by Crippen LogP contribution is -2.33. The van der Waals surface area contributed by atoms with E-state index in [1.165, 1.54) is 0 Å². The average Bonchev–Trinajstić information content (AvgIpc) is 2.51. The largest absolute Gasteiger partial charge is 0.383 e. The highest BCUT2D eigenvalue weighted by atomic mass is 35.5. The van der Waals surface area contributed by atoms with Crippen LogP contribution in [0.3, 0.4) is 0 Å². The third-order valence-electron chi connectivity index (χ3n) is 3.01. The van der Waals surface area contributed by atoms with Crippen molar-refractivity contribution in [2.75, 3.05) is 26.8 Å². The monoisotopic (exact) mass is 273 g/mol. The summed E-state index contributed by atoms with van der Waals surface area (Å²) < 4.78 is 6.76. The van der Waals surface area contributed by atoms with Crippen LogP contribution in [0.15, 0.2) is 0 Å². The molecule has 1 heterocycles. The van der Waals surface area contributed by atoms with E-state index < -0.39 is 0 Å². The normalized spacial score (nSPS) is 12.1. The predicted octanol–water partition coefficient (Wildman–Crippen LogP) is 2.19. The first-order valence-corrected chi connectivity index (χ1v) is 6.63. The molecule has 0 aromatic carbocycles. The Kier molecular flexibility index (Phi) is 5.63. The molecule has 1 aromatic heterocycles. The Bertz CT molecular complexity index is 388. The Morgan fingerprint density at radius 2 is 2.11 bits per heavy atom. The highest BCUT2D eigenvalue weighted by Gasteiger charge is 2.23. The lowest BCUT2D eigenvalue weighted by molar-refractivity contribution is 0.194. The fraction of sp³-hybridized carbons (Fsp3) is 0.769. The average molecular weight is 274 g/mol. The molecule has 1 aromatic rings. The van der Waals surface area contributed by atoms with Crippen LogP contribution in [-0.4, -0.2) is 36.6 Å². The van der Waals surface area contributed by atoms with E-state index >= 15 is 0 Å². The van der Waals surface area contributed by atoms with Crippen molar-refractivity contribution in [3.05, 3.63) is 16.4 Å². The van der Waals surface area contributed by atoms with Gasteiger partial charge in [0.05, 0.1) is 12.3 Å². The van der Waals surface area contributed by atoms with Gasteiger partial charge in [0.1, 0.15) is 5.15 Å². The van der Waals surface area contributed by atoms with E-state index in [1.807, 2.05) is 14.0 Å². The van der Waals surface area contributed by atoms with Crippen molar-refractivity contribution in [3.63, 3.8) is 0 Å². The van der Waals surface area contributed by atoms with Gasteiger partial charge in [0.2, 0.25) is 0 Å². The Balaban J connectivity index is 2.58. The van der Waals surface area contributed by atoms with E-state index in [2.05, 4.69) is 24.3 Å².